The van der Waals surface area contributed by atoms with E-state index in [0.717, 1.165) is 18.5 Å². The van der Waals surface area contributed by atoms with Crippen LogP contribution in [0.15, 0.2) is 67.0 Å². The van der Waals surface area contributed by atoms with Gasteiger partial charge in [-0.25, -0.2) is 9.50 Å². The Morgan fingerprint density at radius 2 is 1.84 bits per heavy atom. The van der Waals surface area contributed by atoms with Crippen LogP contribution in [0.2, 0.25) is 0 Å². The van der Waals surface area contributed by atoms with E-state index >= 15 is 0 Å². The van der Waals surface area contributed by atoms with E-state index < -0.39 is 18.0 Å². The zero-order valence-electron chi connectivity index (χ0n) is 23.4. The number of pyridine rings is 1. The summed E-state index contributed by atoms with van der Waals surface area (Å²) in [4.78, 5) is 52.1. The molecule has 0 spiro atoms. The first kappa shape index (κ1) is 26.2. The van der Waals surface area contributed by atoms with Gasteiger partial charge in [0.05, 0.1) is 23.2 Å². The van der Waals surface area contributed by atoms with Gasteiger partial charge < -0.3 is 10.2 Å². The number of rotatable bonds is 8. The summed E-state index contributed by atoms with van der Waals surface area (Å²) in [6, 6.07) is 13.8. The molecule has 2 fully saturated rings. The average molecular weight is 592 g/mol. The maximum Gasteiger partial charge on any atom is 0.261 e. The summed E-state index contributed by atoms with van der Waals surface area (Å²) in [6.07, 6.45) is 5.56. The number of benzene rings is 1. The lowest BCUT2D eigenvalue weighted by Crippen LogP contribution is -2.42. The monoisotopic (exact) mass is 591 g/mol. The number of Topliss-reactive ketones (excluding diaryl/α,β-unsaturated/α-hetero) is 1. The van der Waals surface area contributed by atoms with E-state index in [9.17, 15) is 18.8 Å². The van der Waals surface area contributed by atoms with Crippen LogP contribution in [0.5, 0.6) is 0 Å². The average Bonchev–Trinajstić information content (AvgIpc) is 3.34. The number of amides is 2. The first-order chi connectivity index (χ1) is 21.4. The summed E-state index contributed by atoms with van der Waals surface area (Å²) >= 11 is 0. The third kappa shape index (κ3) is 4.48. The third-order valence-corrected chi connectivity index (χ3v) is 8.51. The van der Waals surface area contributed by atoms with E-state index in [-0.39, 0.29) is 42.9 Å². The number of H-pyrrole nitrogens is 1. The first-order valence-corrected chi connectivity index (χ1v) is 14.5. The summed E-state index contributed by atoms with van der Waals surface area (Å²) in [5, 5.41) is 15.5. The molecule has 2 aliphatic heterocycles. The summed E-state index contributed by atoms with van der Waals surface area (Å²) in [5.74, 6) is 0.256. The minimum Gasteiger partial charge on any atom is -0.327 e. The van der Waals surface area contributed by atoms with Crippen LogP contribution in [0.3, 0.4) is 0 Å². The van der Waals surface area contributed by atoms with E-state index in [1.165, 1.54) is 23.2 Å². The van der Waals surface area contributed by atoms with Crippen molar-refractivity contribution in [2.45, 2.75) is 43.7 Å². The standard InChI is InChI=1S/C31H26FN9O3/c32-26-10-7-17(15-33-26)12-25(42)24-13-19(41-29(43)20-4-1-2-5-21(20)30(41)44)16-39(24)31-35-28(23-6-3-11-40(23)38-31)34-27-14-22(36-37-27)18-8-9-18/h1-7,10-11,14-15,18-19,24H,8-9,12-13,16H2,(H2,34,35,36,37,38)/t19-,24-/m0/s1. The molecule has 44 heavy (non-hydrogen) atoms. The number of carbonyl (C=O) groups excluding carboxylic acids is 3. The van der Waals surface area contributed by atoms with Crippen molar-refractivity contribution in [3.05, 3.63) is 95.3 Å². The summed E-state index contributed by atoms with van der Waals surface area (Å²) in [5.41, 5.74) is 3.02. The highest BCUT2D eigenvalue weighted by Gasteiger charge is 2.47. The molecule has 13 heteroatoms. The van der Waals surface area contributed by atoms with Crippen LogP contribution in [0.1, 0.15) is 57.2 Å². The Morgan fingerprint density at radius 1 is 1.05 bits per heavy atom. The van der Waals surface area contributed by atoms with Gasteiger partial charge in [-0.05, 0) is 55.2 Å². The minimum atomic E-state index is -0.762. The Labute approximate surface area is 249 Å². The second-order valence-corrected chi connectivity index (χ2v) is 11.4. The van der Waals surface area contributed by atoms with Gasteiger partial charge in [0.25, 0.3) is 11.8 Å². The summed E-state index contributed by atoms with van der Waals surface area (Å²) in [6.45, 7) is 0.157. The Kier molecular flexibility index (Phi) is 6.00. The van der Waals surface area contributed by atoms with Gasteiger partial charge >= 0.3 is 0 Å². The molecule has 220 valence electrons. The van der Waals surface area contributed by atoms with Crippen molar-refractivity contribution in [2.24, 2.45) is 0 Å². The van der Waals surface area contributed by atoms with Crippen molar-refractivity contribution in [3.63, 3.8) is 0 Å². The lowest BCUT2D eigenvalue weighted by atomic mass is 10.0. The number of ketones is 1. The highest BCUT2D eigenvalue weighted by atomic mass is 19.1. The Morgan fingerprint density at radius 3 is 2.57 bits per heavy atom. The van der Waals surface area contributed by atoms with Crippen LogP contribution < -0.4 is 10.2 Å². The van der Waals surface area contributed by atoms with Gasteiger partial charge in [0.1, 0.15) is 5.52 Å². The smallest absolute Gasteiger partial charge is 0.261 e. The van der Waals surface area contributed by atoms with Gasteiger partial charge in [-0.1, -0.05) is 18.2 Å². The molecule has 2 amide bonds. The number of hydrogen-bond donors (Lipinski definition) is 2. The number of imide groups is 1. The van der Waals surface area contributed by atoms with Gasteiger partial charge in [-0.2, -0.15) is 14.5 Å². The molecule has 0 radical (unpaired) electrons. The number of aromatic nitrogens is 6. The zero-order chi connectivity index (χ0) is 29.9. The van der Waals surface area contributed by atoms with Gasteiger partial charge in [0.15, 0.2) is 17.4 Å². The number of nitrogens with one attached hydrogen (secondary N) is 2. The molecule has 0 unspecified atom stereocenters. The molecule has 1 aromatic carbocycles. The molecule has 0 bridgehead atoms. The molecule has 2 N–H and O–H groups in total. The van der Waals surface area contributed by atoms with Crippen molar-refractivity contribution in [3.8, 4) is 0 Å². The van der Waals surface area contributed by atoms with E-state index in [0.29, 0.717) is 39.8 Å². The Hall–Kier alpha value is -5.46. The van der Waals surface area contributed by atoms with Crippen LogP contribution in [0, 0.1) is 5.95 Å². The molecule has 1 saturated heterocycles. The first-order valence-electron chi connectivity index (χ1n) is 14.5. The fourth-order valence-corrected chi connectivity index (χ4v) is 6.16. The summed E-state index contributed by atoms with van der Waals surface area (Å²) < 4.78 is 15.1. The van der Waals surface area contributed by atoms with Crippen LogP contribution in [0.25, 0.3) is 5.52 Å². The number of fused-ring (bicyclic) bond motifs is 2. The fraction of sp³-hybridized carbons (Fsp3) is 0.258. The molecule has 5 aromatic rings. The van der Waals surface area contributed by atoms with Crippen molar-refractivity contribution < 1.29 is 18.8 Å². The SMILES string of the molecule is O=C(Cc1ccc(F)nc1)[C@@H]1C[C@H](N2C(=O)c3ccccc3C2=O)CN1c1nc(Nc2cc(C3CC3)[nH]n2)c2cccn2n1. The number of anilines is 3. The summed E-state index contributed by atoms with van der Waals surface area (Å²) in [7, 11) is 0. The van der Waals surface area contributed by atoms with Crippen LogP contribution in [0.4, 0.5) is 22.0 Å². The third-order valence-electron chi connectivity index (χ3n) is 8.51. The zero-order valence-corrected chi connectivity index (χ0v) is 23.4. The number of carbonyl (C=O) groups is 3. The van der Waals surface area contributed by atoms with Gasteiger partial charge in [-0.15, -0.1) is 5.10 Å². The van der Waals surface area contributed by atoms with Crippen LogP contribution >= 0.6 is 0 Å². The van der Waals surface area contributed by atoms with Crippen molar-refractivity contribution in [1.29, 1.82) is 0 Å². The molecule has 3 aliphatic rings. The van der Waals surface area contributed by atoms with Crippen LogP contribution in [-0.2, 0) is 11.2 Å². The van der Waals surface area contributed by atoms with Crippen molar-refractivity contribution in [2.75, 3.05) is 16.8 Å². The maximum atomic E-state index is 13.8. The number of nitrogens with zero attached hydrogens (tertiary/aromatic N) is 7. The molecule has 8 rings (SSSR count). The molecule has 1 aliphatic carbocycles. The topological polar surface area (TPSA) is 141 Å². The largest absolute Gasteiger partial charge is 0.327 e. The second kappa shape index (κ2) is 10.1. The van der Waals surface area contributed by atoms with E-state index in [2.05, 4.69) is 20.5 Å². The van der Waals surface area contributed by atoms with E-state index in [1.54, 1.807) is 39.9 Å². The lowest BCUT2D eigenvalue weighted by Gasteiger charge is -2.24. The number of aromatic amines is 1. The fourth-order valence-electron chi connectivity index (χ4n) is 6.16. The second-order valence-electron chi connectivity index (χ2n) is 11.4. The van der Waals surface area contributed by atoms with Gasteiger partial charge in [-0.3, -0.25) is 24.4 Å². The van der Waals surface area contributed by atoms with Gasteiger partial charge in [0, 0.05) is 43.0 Å². The van der Waals surface area contributed by atoms with E-state index in [4.69, 9.17) is 10.1 Å². The normalized spacial score (nSPS) is 19.7. The predicted molar refractivity (Wildman–Crippen MR) is 156 cm³/mol. The molecular weight excluding hydrogens is 565 g/mol. The lowest BCUT2D eigenvalue weighted by molar-refractivity contribution is -0.119. The number of hydrogen-bond acceptors (Lipinski definition) is 9. The molecule has 6 heterocycles. The molecule has 2 atom stereocenters. The maximum absolute atomic E-state index is 13.8. The highest BCUT2D eigenvalue weighted by Crippen LogP contribution is 2.40. The van der Waals surface area contributed by atoms with E-state index in [1.807, 2.05) is 18.2 Å². The molecular formula is C31H26FN9O3. The highest BCUT2D eigenvalue weighted by molar-refractivity contribution is 6.21. The van der Waals surface area contributed by atoms with Gasteiger partial charge in [0.2, 0.25) is 11.9 Å². The molecule has 1 saturated carbocycles. The van der Waals surface area contributed by atoms with Crippen molar-refractivity contribution >= 4 is 40.7 Å². The predicted octanol–water partition coefficient (Wildman–Crippen LogP) is 3.66. The molecule has 12 nitrogen and oxygen atoms in total. The van der Waals surface area contributed by atoms with Crippen molar-refractivity contribution in [1.82, 2.24) is 34.7 Å². The van der Waals surface area contributed by atoms with Crippen LogP contribution in [-0.4, -0.2) is 70.9 Å². The Bertz CT molecular complexity index is 1910. The Balaban J connectivity index is 1.15. The molecule has 4 aromatic heterocycles. The number of halogens is 1. The quantitative estimate of drug-likeness (QED) is 0.204. The minimum absolute atomic E-state index is 0.0165.